The molecule has 0 atom stereocenters. The van der Waals surface area contributed by atoms with Crippen LogP contribution in [0.1, 0.15) is 59.8 Å². The van der Waals surface area contributed by atoms with Gasteiger partial charge in [-0.1, -0.05) is 47.0 Å². The van der Waals surface area contributed by atoms with E-state index in [1.807, 2.05) is 13.8 Å². The number of carbonyl (C=O) groups is 1. The number of hydrogen-bond donors (Lipinski definition) is 0. The van der Waals surface area contributed by atoms with Gasteiger partial charge in [0.15, 0.2) is 5.78 Å². The van der Waals surface area contributed by atoms with Crippen LogP contribution in [-0.4, -0.2) is 32.2 Å². The van der Waals surface area contributed by atoms with Gasteiger partial charge in [0.05, 0.1) is 0 Å². The molecular weight excluding hydrogens is 240 g/mol. The van der Waals surface area contributed by atoms with E-state index >= 15 is 0 Å². The lowest BCUT2D eigenvalue weighted by molar-refractivity contribution is -0.126. The minimum absolute atomic E-state index is 0.0714. The largest absolute Gasteiger partial charge is 0.381 e. The van der Waals surface area contributed by atoms with E-state index in [-0.39, 0.29) is 18.3 Å². The molecule has 3 nitrogen and oxygen atoms in total. The third-order valence-electron chi connectivity index (χ3n) is 3.04. The molecule has 0 saturated carbocycles. The summed E-state index contributed by atoms with van der Waals surface area (Å²) in [7, 11) is 0. The second kappa shape index (κ2) is 12.6. The first-order valence-corrected chi connectivity index (χ1v) is 7.72. The van der Waals surface area contributed by atoms with Crippen molar-refractivity contribution in [3.05, 3.63) is 0 Å². The fourth-order valence-electron chi connectivity index (χ4n) is 1.64. The normalized spacial score (nSPS) is 11.5. The van der Waals surface area contributed by atoms with E-state index < -0.39 is 0 Å². The molecule has 3 heteroatoms. The van der Waals surface area contributed by atoms with Crippen molar-refractivity contribution in [3.63, 3.8) is 0 Å². The van der Waals surface area contributed by atoms with E-state index in [1.165, 1.54) is 19.3 Å². The number of ether oxygens (including phenoxy) is 2. The van der Waals surface area contributed by atoms with E-state index in [4.69, 9.17) is 9.47 Å². The molecule has 114 valence electrons. The first-order valence-electron chi connectivity index (χ1n) is 7.72. The van der Waals surface area contributed by atoms with Crippen LogP contribution in [0.25, 0.3) is 0 Å². The summed E-state index contributed by atoms with van der Waals surface area (Å²) in [6.07, 6.45) is 5.91. The highest BCUT2D eigenvalue weighted by atomic mass is 16.5. The molecule has 19 heavy (non-hydrogen) atoms. The number of hydrogen-bond acceptors (Lipinski definition) is 3. The van der Waals surface area contributed by atoms with Crippen LogP contribution in [-0.2, 0) is 14.3 Å². The third-order valence-corrected chi connectivity index (χ3v) is 3.04. The number of rotatable bonds is 13. The van der Waals surface area contributed by atoms with Crippen molar-refractivity contribution in [2.45, 2.75) is 59.8 Å². The molecule has 0 aliphatic carbocycles. The molecule has 0 radical (unpaired) electrons. The van der Waals surface area contributed by atoms with Crippen LogP contribution in [0.15, 0.2) is 0 Å². The molecular formula is C16H32O3. The SMILES string of the molecule is CC(C)CCCCCOCCCOCC(=O)C(C)C. The first kappa shape index (κ1) is 18.6. The molecule has 0 heterocycles. The molecule has 0 aliphatic rings. The average Bonchev–Trinajstić information content (AvgIpc) is 2.35. The van der Waals surface area contributed by atoms with E-state index in [2.05, 4.69) is 13.8 Å². The molecule has 0 bridgehead atoms. The molecule has 0 aromatic heterocycles. The number of ketones is 1. The summed E-state index contributed by atoms with van der Waals surface area (Å²) < 4.78 is 10.8. The van der Waals surface area contributed by atoms with Gasteiger partial charge in [-0.3, -0.25) is 4.79 Å². The van der Waals surface area contributed by atoms with Gasteiger partial charge >= 0.3 is 0 Å². The Bertz CT molecular complexity index is 212. The zero-order valence-corrected chi connectivity index (χ0v) is 13.2. The maximum atomic E-state index is 11.3. The Hall–Kier alpha value is -0.410. The summed E-state index contributed by atoms with van der Waals surface area (Å²) >= 11 is 0. The molecule has 0 aromatic rings. The molecule has 0 amide bonds. The lowest BCUT2D eigenvalue weighted by Gasteiger charge is -2.07. The van der Waals surface area contributed by atoms with Crippen LogP contribution in [0.5, 0.6) is 0 Å². The van der Waals surface area contributed by atoms with Gasteiger partial charge in [-0.2, -0.15) is 0 Å². The molecule has 0 aromatic carbocycles. The highest BCUT2D eigenvalue weighted by Gasteiger charge is 2.06. The Labute approximate surface area is 119 Å². The summed E-state index contributed by atoms with van der Waals surface area (Å²) in [6, 6.07) is 0. The van der Waals surface area contributed by atoms with Crippen molar-refractivity contribution in [3.8, 4) is 0 Å². The van der Waals surface area contributed by atoms with Crippen LogP contribution >= 0.6 is 0 Å². The minimum atomic E-state index is 0.0714. The number of carbonyl (C=O) groups excluding carboxylic acids is 1. The van der Waals surface area contributed by atoms with Gasteiger partial charge in [0.1, 0.15) is 6.61 Å². The van der Waals surface area contributed by atoms with Gasteiger partial charge < -0.3 is 9.47 Å². The van der Waals surface area contributed by atoms with Crippen molar-refractivity contribution < 1.29 is 14.3 Å². The minimum Gasteiger partial charge on any atom is -0.381 e. The van der Waals surface area contributed by atoms with E-state index in [9.17, 15) is 4.79 Å². The maximum absolute atomic E-state index is 11.3. The summed E-state index contributed by atoms with van der Waals surface area (Å²) in [4.78, 5) is 11.3. The Morgan fingerprint density at radius 1 is 0.842 bits per heavy atom. The van der Waals surface area contributed by atoms with Gasteiger partial charge in [0.25, 0.3) is 0 Å². The van der Waals surface area contributed by atoms with Crippen molar-refractivity contribution in [2.24, 2.45) is 11.8 Å². The van der Waals surface area contributed by atoms with Crippen LogP contribution in [0.3, 0.4) is 0 Å². The molecule has 0 fully saturated rings. The predicted octanol–water partition coefficient (Wildman–Crippen LogP) is 3.85. The van der Waals surface area contributed by atoms with Crippen LogP contribution in [0.4, 0.5) is 0 Å². The Morgan fingerprint density at radius 3 is 2.11 bits per heavy atom. The number of unbranched alkanes of at least 4 members (excludes halogenated alkanes) is 2. The van der Waals surface area contributed by atoms with Gasteiger partial charge in [-0.25, -0.2) is 0 Å². The van der Waals surface area contributed by atoms with Gasteiger partial charge in [0, 0.05) is 25.7 Å². The lowest BCUT2D eigenvalue weighted by Crippen LogP contribution is -2.15. The molecule has 0 N–H and O–H groups in total. The highest BCUT2D eigenvalue weighted by Crippen LogP contribution is 2.07. The van der Waals surface area contributed by atoms with Crippen molar-refractivity contribution in [1.82, 2.24) is 0 Å². The predicted molar refractivity (Wildman–Crippen MR) is 79.4 cm³/mol. The molecule has 0 aliphatic heterocycles. The topological polar surface area (TPSA) is 35.5 Å². The van der Waals surface area contributed by atoms with Gasteiger partial charge in [-0.05, 0) is 18.8 Å². The quantitative estimate of drug-likeness (QED) is 0.478. The Balaban J connectivity index is 3.09. The second-order valence-corrected chi connectivity index (χ2v) is 5.88. The fraction of sp³-hybridized carbons (Fsp3) is 0.938. The highest BCUT2D eigenvalue weighted by molar-refractivity contribution is 5.81. The van der Waals surface area contributed by atoms with Crippen LogP contribution in [0.2, 0.25) is 0 Å². The van der Waals surface area contributed by atoms with Crippen LogP contribution < -0.4 is 0 Å². The Morgan fingerprint density at radius 2 is 1.47 bits per heavy atom. The monoisotopic (exact) mass is 272 g/mol. The van der Waals surface area contributed by atoms with Crippen LogP contribution in [0, 0.1) is 11.8 Å². The number of Topliss-reactive ketones (excluding diaryl/α,β-unsaturated/α-hetero) is 1. The van der Waals surface area contributed by atoms with E-state index in [0.717, 1.165) is 32.0 Å². The molecule has 0 unspecified atom stereocenters. The van der Waals surface area contributed by atoms with Gasteiger partial charge in [-0.15, -0.1) is 0 Å². The lowest BCUT2D eigenvalue weighted by atomic mass is 10.1. The van der Waals surface area contributed by atoms with Gasteiger partial charge in [0.2, 0.25) is 0 Å². The average molecular weight is 272 g/mol. The van der Waals surface area contributed by atoms with Crippen molar-refractivity contribution in [2.75, 3.05) is 26.4 Å². The molecule has 0 saturated heterocycles. The summed E-state index contributed by atoms with van der Waals surface area (Å²) in [5.74, 6) is 1.06. The molecule has 0 spiro atoms. The Kier molecular flexibility index (Phi) is 12.3. The third kappa shape index (κ3) is 13.8. The summed E-state index contributed by atoms with van der Waals surface area (Å²) in [6.45, 7) is 10.8. The van der Waals surface area contributed by atoms with Crippen molar-refractivity contribution in [1.29, 1.82) is 0 Å². The first-order chi connectivity index (χ1) is 9.04. The summed E-state index contributed by atoms with van der Waals surface area (Å²) in [5.41, 5.74) is 0. The maximum Gasteiger partial charge on any atom is 0.160 e. The zero-order chi connectivity index (χ0) is 14.5. The van der Waals surface area contributed by atoms with E-state index in [1.54, 1.807) is 0 Å². The summed E-state index contributed by atoms with van der Waals surface area (Å²) in [5, 5.41) is 0. The van der Waals surface area contributed by atoms with Crippen molar-refractivity contribution >= 4 is 5.78 Å². The fourth-order valence-corrected chi connectivity index (χ4v) is 1.64. The zero-order valence-electron chi connectivity index (χ0n) is 13.2. The standard InChI is InChI=1S/C16H32O3/c1-14(2)9-6-5-7-10-18-11-8-12-19-13-16(17)15(3)4/h14-15H,5-13H2,1-4H3. The second-order valence-electron chi connectivity index (χ2n) is 5.88. The van der Waals surface area contributed by atoms with E-state index in [0.29, 0.717) is 6.61 Å². The smallest absolute Gasteiger partial charge is 0.160 e. The molecule has 0 rings (SSSR count).